The Morgan fingerprint density at radius 3 is 2.86 bits per heavy atom. The lowest BCUT2D eigenvalue weighted by molar-refractivity contribution is -0.137. The SMILES string of the molecule is CC1CN(CC(N)=O)C(=O)CC(=O)N1. The van der Waals surface area contributed by atoms with Crippen LogP contribution in [0.3, 0.4) is 0 Å². The molecule has 3 amide bonds. The topological polar surface area (TPSA) is 92.5 Å². The molecule has 1 rings (SSSR count). The number of primary amides is 1. The Morgan fingerprint density at radius 2 is 2.29 bits per heavy atom. The molecule has 1 atom stereocenters. The molecule has 0 saturated carbocycles. The van der Waals surface area contributed by atoms with Gasteiger partial charge in [0, 0.05) is 12.6 Å². The Kier molecular flexibility index (Phi) is 3.06. The Balaban J connectivity index is 2.68. The van der Waals surface area contributed by atoms with E-state index in [0.717, 1.165) is 0 Å². The maximum Gasteiger partial charge on any atom is 0.237 e. The van der Waals surface area contributed by atoms with Gasteiger partial charge in [-0.15, -0.1) is 0 Å². The van der Waals surface area contributed by atoms with E-state index in [0.29, 0.717) is 6.54 Å². The number of nitrogens with two attached hydrogens (primary N) is 1. The van der Waals surface area contributed by atoms with Gasteiger partial charge in [-0.25, -0.2) is 0 Å². The van der Waals surface area contributed by atoms with Crippen LogP contribution >= 0.6 is 0 Å². The molecule has 1 aliphatic rings. The summed E-state index contributed by atoms with van der Waals surface area (Å²) in [5, 5.41) is 2.62. The average molecular weight is 199 g/mol. The third kappa shape index (κ3) is 2.72. The van der Waals surface area contributed by atoms with E-state index < -0.39 is 5.91 Å². The standard InChI is InChI=1S/C8H13N3O3/c1-5-3-11(4-6(9)12)8(14)2-7(13)10-5/h5H,2-4H2,1H3,(H2,9,12)(H,10,13). The molecule has 0 aromatic heterocycles. The van der Waals surface area contributed by atoms with Crippen molar-refractivity contribution in [2.75, 3.05) is 13.1 Å². The molecule has 1 saturated heterocycles. The van der Waals surface area contributed by atoms with Crippen molar-refractivity contribution in [2.24, 2.45) is 5.73 Å². The molecule has 1 fully saturated rings. The fraction of sp³-hybridized carbons (Fsp3) is 0.625. The van der Waals surface area contributed by atoms with Crippen molar-refractivity contribution in [1.82, 2.24) is 10.2 Å². The maximum atomic E-state index is 11.4. The molecule has 0 aliphatic carbocycles. The summed E-state index contributed by atoms with van der Waals surface area (Å²) in [4.78, 5) is 34.4. The first-order chi connectivity index (χ1) is 6.49. The van der Waals surface area contributed by atoms with Gasteiger partial charge >= 0.3 is 0 Å². The molecular weight excluding hydrogens is 186 g/mol. The maximum absolute atomic E-state index is 11.4. The minimum atomic E-state index is -0.570. The molecule has 6 nitrogen and oxygen atoms in total. The van der Waals surface area contributed by atoms with E-state index in [2.05, 4.69) is 5.32 Å². The smallest absolute Gasteiger partial charge is 0.237 e. The van der Waals surface area contributed by atoms with Crippen molar-refractivity contribution in [2.45, 2.75) is 19.4 Å². The fourth-order valence-electron chi connectivity index (χ4n) is 1.39. The normalized spacial score (nSPS) is 22.9. The predicted octanol–water partition coefficient (Wildman–Crippen LogP) is -1.79. The molecule has 1 heterocycles. The molecule has 3 N–H and O–H groups in total. The van der Waals surface area contributed by atoms with Crippen molar-refractivity contribution in [3.63, 3.8) is 0 Å². The zero-order valence-electron chi connectivity index (χ0n) is 7.95. The average Bonchev–Trinajstić information content (AvgIpc) is 2.10. The highest BCUT2D eigenvalue weighted by Gasteiger charge is 2.25. The summed E-state index contributed by atoms with van der Waals surface area (Å²) >= 11 is 0. The lowest BCUT2D eigenvalue weighted by Gasteiger charge is -2.20. The predicted molar refractivity (Wildman–Crippen MR) is 48.0 cm³/mol. The van der Waals surface area contributed by atoms with Gasteiger partial charge in [-0.2, -0.15) is 0 Å². The van der Waals surface area contributed by atoms with Crippen molar-refractivity contribution in [3.05, 3.63) is 0 Å². The molecule has 78 valence electrons. The molecule has 6 heteroatoms. The highest BCUT2D eigenvalue weighted by atomic mass is 16.2. The summed E-state index contributed by atoms with van der Waals surface area (Å²) in [6.45, 7) is 1.97. The molecule has 1 aliphatic heterocycles. The Bertz CT molecular complexity index is 277. The van der Waals surface area contributed by atoms with Gasteiger partial charge in [0.15, 0.2) is 0 Å². The van der Waals surface area contributed by atoms with E-state index >= 15 is 0 Å². The summed E-state index contributed by atoms with van der Waals surface area (Å²) in [5.41, 5.74) is 4.98. The number of nitrogens with one attached hydrogen (secondary N) is 1. The molecule has 0 radical (unpaired) electrons. The van der Waals surface area contributed by atoms with Crippen LogP contribution in [0.15, 0.2) is 0 Å². The summed E-state index contributed by atoms with van der Waals surface area (Å²) in [6, 6.07) is -0.145. The largest absolute Gasteiger partial charge is 0.368 e. The minimum absolute atomic E-state index is 0.127. The Hall–Kier alpha value is -1.59. The lowest BCUT2D eigenvalue weighted by Crippen LogP contribution is -2.42. The molecular formula is C8H13N3O3. The van der Waals surface area contributed by atoms with Gasteiger partial charge in [-0.05, 0) is 6.92 Å². The molecule has 0 aromatic rings. The van der Waals surface area contributed by atoms with Crippen LogP contribution in [-0.2, 0) is 14.4 Å². The second kappa shape index (κ2) is 4.08. The van der Waals surface area contributed by atoms with Crippen molar-refractivity contribution < 1.29 is 14.4 Å². The van der Waals surface area contributed by atoms with Gasteiger partial charge in [0.2, 0.25) is 17.7 Å². The van der Waals surface area contributed by atoms with Crippen LogP contribution in [0.4, 0.5) is 0 Å². The van der Waals surface area contributed by atoms with Crippen LogP contribution in [0, 0.1) is 0 Å². The molecule has 0 bridgehead atoms. The first-order valence-electron chi connectivity index (χ1n) is 4.34. The molecule has 14 heavy (non-hydrogen) atoms. The van der Waals surface area contributed by atoms with E-state index in [4.69, 9.17) is 5.73 Å². The van der Waals surface area contributed by atoms with Crippen LogP contribution in [0.1, 0.15) is 13.3 Å². The highest BCUT2D eigenvalue weighted by molar-refractivity contribution is 5.98. The van der Waals surface area contributed by atoms with Gasteiger partial charge < -0.3 is 16.0 Å². The first kappa shape index (κ1) is 10.5. The highest BCUT2D eigenvalue weighted by Crippen LogP contribution is 2.02. The van der Waals surface area contributed by atoms with Crippen molar-refractivity contribution in [3.8, 4) is 0 Å². The second-order valence-corrected chi connectivity index (χ2v) is 3.39. The van der Waals surface area contributed by atoms with Gasteiger partial charge in [0.25, 0.3) is 0 Å². The first-order valence-corrected chi connectivity index (χ1v) is 4.34. The monoisotopic (exact) mass is 199 g/mol. The Morgan fingerprint density at radius 1 is 1.64 bits per heavy atom. The quantitative estimate of drug-likeness (QED) is 0.514. The van der Waals surface area contributed by atoms with E-state index in [1.807, 2.05) is 0 Å². The van der Waals surface area contributed by atoms with Crippen molar-refractivity contribution in [1.29, 1.82) is 0 Å². The number of rotatable bonds is 2. The van der Waals surface area contributed by atoms with Crippen molar-refractivity contribution >= 4 is 17.7 Å². The number of amides is 3. The van der Waals surface area contributed by atoms with Gasteiger partial charge in [0.1, 0.15) is 6.42 Å². The number of carbonyl (C=O) groups is 3. The van der Waals surface area contributed by atoms with Crippen LogP contribution in [-0.4, -0.2) is 41.8 Å². The molecule has 1 unspecified atom stereocenters. The molecule has 0 aromatic carbocycles. The van der Waals surface area contributed by atoms with E-state index in [1.54, 1.807) is 6.92 Å². The van der Waals surface area contributed by atoms with E-state index in [9.17, 15) is 14.4 Å². The van der Waals surface area contributed by atoms with E-state index in [-0.39, 0.29) is 30.8 Å². The third-order valence-corrected chi connectivity index (χ3v) is 1.91. The lowest BCUT2D eigenvalue weighted by atomic mass is 10.3. The van der Waals surface area contributed by atoms with Gasteiger partial charge in [-0.1, -0.05) is 0 Å². The van der Waals surface area contributed by atoms with E-state index in [1.165, 1.54) is 4.90 Å². The number of hydrogen-bond acceptors (Lipinski definition) is 3. The zero-order chi connectivity index (χ0) is 10.7. The Labute approximate surface area is 81.4 Å². The summed E-state index contributed by atoms with van der Waals surface area (Å²) < 4.78 is 0. The van der Waals surface area contributed by atoms with Crippen LogP contribution in [0.2, 0.25) is 0 Å². The third-order valence-electron chi connectivity index (χ3n) is 1.91. The zero-order valence-corrected chi connectivity index (χ0v) is 7.95. The number of nitrogens with zero attached hydrogens (tertiary/aromatic N) is 1. The minimum Gasteiger partial charge on any atom is -0.368 e. The second-order valence-electron chi connectivity index (χ2n) is 3.39. The number of carbonyl (C=O) groups excluding carboxylic acids is 3. The summed E-state index contributed by atoms with van der Waals surface area (Å²) in [7, 11) is 0. The number of hydrogen-bond donors (Lipinski definition) is 2. The molecule has 0 spiro atoms. The summed E-state index contributed by atoms with van der Waals surface area (Å²) in [5.74, 6) is -1.24. The summed E-state index contributed by atoms with van der Waals surface area (Å²) in [6.07, 6.45) is -0.211. The van der Waals surface area contributed by atoms with Gasteiger partial charge in [0.05, 0.1) is 6.54 Å². The van der Waals surface area contributed by atoms with Crippen LogP contribution in [0.25, 0.3) is 0 Å². The van der Waals surface area contributed by atoms with Gasteiger partial charge in [-0.3, -0.25) is 14.4 Å². The van der Waals surface area contributed by atoms with Crippen LogP contribution in [0.5, 0.6) is 0 Å². The van der Waals surface area contributed by atoms with Crippen LogP contribution < -0.4 is 11.1 Å². The fourth-order valence-corrected chi connectivity index (χ4v) is 1.39.